The van der Waals surface area contributed by atoms with Gasteiger partial charge in [0.1, 0.15) is 0 Å². The number of hydrogen-bond donors (Lipinski definition) is 0. The second-order valence-electron chi connectivity index (χ2n) is 13.5. The maximum atomic E-state index is 5.40. The van der Waals surface area contributed by atoms with Crippen molar-refractivity contribution in [1.82, 2.24) is 15.0 Å². The van der Waals surface area contributed by atoms with Crippen molar-refractivity contribution in [1.29, 1.82) is 0 Å². The Balaban J connectivity index is 1.22. The van der Waals surface area contributed by atoms with E-state index in [0.29, 0.717) is 17.5 Å². The Morgan fingerprint density at radius 3 is 1.39 bits per heavy atom. The van der Waals surface area contributed by atoms with Gasteiger partial charge in [0.25, 0.3) is 0 Å². The van der Waals surface area contributed by atoms with Gasteiger partial charge in [-0.25, -0.2) is 15.0 Å². The van der Waals surface area contributed by atoms with E-state index in [1.165, 1.54) is 56.7 Å². The van der Waals surface area contributed by atoms with E-state index in [2.05, 4.69) is 176 Å². The number of rotatable bonds is 5. The Kier molecular flexibility index (Phi) is 7.22. The molecule has 0 unspecified atom stereocenters. The van der Waals surface area contributed by atoms with Crippen LogP contribution in [0.4, 0.5) is 0 Å². The van der Waals surface area contributed by atoms with Gasteiger partial charge in [-0.05, 0) is 57.3 Å². The molecule has 0 bridgehead atoms. The summed E-state index contributed by atoms with van der Waals surface area (Å²) in [5, 5.41) is 7.30. The molecule has 0 saturated carbocycles. The molecule has 0 saturated heterocycles. The second-order valence-corrected chi connectivity index (χ2v) is 15.6. The molecule has 0 N–H and O–H groups in total. The van der Waals surface area contributed by atoms with Crippen LogP contribution < -0.4 is 0 Å². The first kappa shape index (κ1) is 31.0. The number of benzene rings is 8. The van der Waals surface area contributed by atoms with Crippen LogP contribution in [-0.2, 0) is 0 Å². The SMILES string of the molecule is c1ccc(-c2ccc3ccccc3c2-c2ccccc2-c2nc(-c3cccc4c3sc3ccccc34)nc(-c3cccc4c3sc3ccccc34)n2)cc1. The van der Waals surface area contributed by atoms with Crippen molar-refractivity contribution in [2.75, 3.05) is 0 Å². The minimum absolute atomic E-state index is 0.647. The van der Waals surface area contributed by atoms with Crippen LogP contribution in [0.1, 0.15) is 0 Å². The van der Waals surface area contributed by atoms with Gasteiger partial charge in [-0.2, -0.15) is 0 Å². The Labute approximate surface area is 319 Å². The van der Waals surface area contributed by atoms with E-state index in [4.69, 9.17) is 15.0 Å². The summed E-state index contributed by atoms with van der Waals surface area (Å²) in [5.41, 5.74) is 7.56. The summed E-state index contributed by atoms with van der Waals surface area (Å²) in [4.78, 5) is 16.1. The van der Waals surface area contributed by atoms with Gasteiger partial charge in [-0.3, -0.25) is 0 Å². The summed E-state index contributed by atoms with van der Waals surface area (Å²) in [5.74, 6) is 1.98. The fraction of sp³-hybridized carbons (Fsp3) is 0. The molecular formula is C49H29N3S2. The largest absolute Gasteiger partial charge is 0.208 e. The fourth-order valence-electron chi connectivity index (χ4n) is 7.90. The maximum Gasteiger partial charge on any atom is 0.165 e. The van der Waals surface area contributed by atoms with Gasteiger partial charge in [-0.1, -0.05) is 152 Å². The summed E-state index contributed by atoms with van der Waals surface area (Å²) in [7, 11) is 0. The first-order chi connectivity index (χ1) is 26.8. The van der Waals surface area contributed by atoms with E-state index < -0.39 is 0 Å². The third kappa shape index (κ3) is 4.97. The Morgan fingerprint density at radius 2 is 0.759 bits per heavy atom. The highest BCUT2D eigenvalue weighted by Crippen LogP contribution is 2.45. The number of nitrogens with zero attached hydrogens (tertiary/aromatic N) is 3. The molecule has 11 aromatic rings. The Morgan fingerprint density at radius 1 is 0.296 bits per heavy atom. The van der Waals surface area contributed by atoms with Crippen LogP contribution in [0.2, 0.25) is 0 Å². The van der Waals surface area contributed by atoms with E-state index >= 15 is 0 Å². The first-order valence-electron chi connectivity index (χ1n) is 18.0. The molecule has 0 radical (unpaired) electrons. The van der Waals surface area contributed by atoms with Gasteiger partial charge < -0.3 is 0 Å². The van der Waals surface area contributed by atoms with Crippen LogP contribution in [0.25, 0.3) is 108 Å². The summed E-state index contributed by atoms with van der Waals surface area (Å²) >= 11 is 3.59. The zero-order valence-corrected chi connectivity index (χ0v) is 30.5. The minimum Gasteiger partial charge on any atom is -0.208 e. The lowest BCUT2D eigenvalue weighted by Crippen LogP contribution is -2.01. The molecule has 0 aliphatic carbocycles. The molecule has 0 fully saturated rings. The molecule has 0 aliphatic heterocycles. The number of aromatic nitrogens is 3. The van der Waals surface area contributed by atoms with Crippen molar-refractivity contribution >= 4 is 73.8 Å². The number of hydrogen-bond acceptors (Lipinski definition) is 5. The Bertz CT molecular complexity index is 3100. The first-order valence-corrected chi connectivity index (χ1v) is 19.7. The van der Waals surface area contributed by atoms with Crippen LogP contribution in [0.15, 0.2) is 176 Å². The van der Waals surface area contributed by atoms with Crippen molar-refractivity contribution in [3.05, 3.63) is 176 Å². The van der Waals surface area contributed by atoms with Crippen LogP contribution in [0.5, 0.6) is 0 Å². The van der Waals surface area contributed by atoms with Gasteiger partial charge in [0, 0.05) is 57.0 Å². The molecule has 3 heterocycles. The molecule has 0 aliphatic rings. The topological polar surface area (TPSA) is 38.7 Å². The van der Waals surface area contributed by atoms with Crippen LogP contribution in [0.3, 0.4) is 0 Å². The third-order valence-corrected chi connectivity index (χ3v) is 12.8. The molecule has 54 heavy (non-hydrogen) atoms. The van der Waals surface area contributed by atoms with Gasteiger partial charge >= 0.3 is 0 Å². The molecule has 252 valence electrons. The lowest BCUT2D eigenvalue weighted by molar-refractivity contribution is 1.08. The van der Waals surface area contributed by atoms with Crippen LogP contribution in [0, 0.1) is 0 Å². The average molecular weight is 724 g/mol. The monoisotopic (exact) mass is 723 g/mol. The number of thiophene rings is 2. The normalized spacial score (nSPS) is 11.7. The molecular weight excluding hydrogens is 695 g/mol. The Hall–Kier alpha value is -6.53. The second kappa shape index (κ2) is 12.6. The van der Waals surface area contributed by atoms with E-state index in [-0.39, 0.29) is 0 Å². The van der Waals surface area contributed by atoms with Crippen molar-refractivity contribution in [2.45, 2.75) is 0 Å². The quantitative estimate of drug-likeness (QED) is 0.177. The average Bonchev–Trinajstić information content (AvgIpc) is 3.82. The van der Waals surface area contributed by atoms with E-state index in [1.54, 1.807) is 22.7 Å². The predicted molar refractivity (Wildman–Crippen MR) is 230 cm³/mol. The maximum absolute atomic E-state index is 5.40. The van der Waals surface area contributed by atoms with Crippen LogP contribution in [-0.4, -0.2) is 15.0 Å². The molecule has 3 aromatic heterocycles. The lowest BCUT2D eigenvalue weighted by atomic mass is 9.87. The van der Waals surface area contributed by atoms with Crippen molar-refractivity contribution < 1.29 is 0 Å². The zero-order chi connectivity index (χ0) is 35.6. The standard InChI is InChI=1S/C49H29N3S2/c1-2-14-30(15-3-1)33-29-28-31-16-4-5-17-32(31)44(33)36-20-6-7-21-39(36)47-50-48(40-24-12-22-37-34-18-8-10-26-42(34)53-45(37)40)52-49(51-47)41-25-13-23-38-35-19-9-11-27-43(35)54-46(38)41/h1-29H. The summed E-state index contributed by atoms with van der Waals surface area (Å²) in [6.07, 6.45) is 0. The van der Waals surface area contributed by atoms with Crippen molar-refractivity contribution in [3.8, 4) is 56.4 Å². The molecule has 11 rings (SSSR count). The fourth-order valence-corrected chi connectivity index (χ4v) is 10.3. The minimum atomic E-state index is 0.647. The van der Waals surface area contributed by atoms with E-state index in [9.17, 15) is 0 Å². The highest BCUT2D eigenvalue weighted by molar-refractivity contribution is 7.26. The van der Waals surface area contributed by atoms with Crippen molar-refractivity contribution in [3.63, 3.8) is 0 Å². The summed E-state index contributed by atoms with van der Waals surface area (Å²) in [6.45, 7) is 0. The van der Waals surface area contributed by atoms with Crippen LogP contribution >= 0.6 is 22.7 Å². The van der Waals surface area contributed by atoms with Gasteiger partial charge in [-0.15, -0.1) is 22.7 Å². The molecule has 8 aromatic carbocycles. The smallest absolute Gasteiger partial charge is 0.165 e. The zero-order valence-electron chi connectivity index (χ0n) is 28.9. The molecule has 0 atom stereocenters. The van der Waals surface area contributed by atoms with Gasteiger partial charge in [0.2, 0.25) is 0 Å². The number of fused-ring (bicyclic) bond motifs is 7. The molecule has 5 heteroatoms. The van der Waals surface area contributed by atoms with Crippen molar-refractivity contribution in [2.24, 2.45) is 0 Å². The summed E-state index contributed by atoms with van der Waals surface area (Å²) in [6, 6.07) is 62.6. The predicted octanol–water partition coefficient (Wildman–Crippen LogP) is 14.1. The molecule has 0 spiro atoms. The third-order valence-electron chi connectivity index (χ3n) is 10.4. The van der Waals surface area contributed by atoms with Gasteiger partial charge in [0.15, 0.2) is 17.5 Å². The highest BCUT2D eigenvalue weighted by atomic mass is 32.1. The highest BCUT2D eigenvalue weighted by Gasteiger charge is 2.22. The lowest BCUT2D eigenvalue weighted by Gasteiger charge is -2.17. The molecule has 3 nitrogen and oxygen atoms in total. The molecule has 0 amide bonds. The summed E-state index contributed by atoms with van der Waals surface area (Å²) < 4.78 is 4.85. The van der Waals surface area contributed by atoms with Gasteiger partial charge in [0.05, 0.1) is 0 Å². The van der Waals surface area contributed by atoms with E-state index in [1.807, 2.05) is 0 Å². The van der Waals surface area contributed by atoms with E-state index in [0.717, 1.165) is 33.4 Å².